The molecule has 1 nitrogen and oxygen atoms in total. The highest BCUT2D eigenvalue weighted by molar-refractivity contribution is 9.09. The average molecular weight is 344 g/mol. The maximum absolute atomic E-state index is 3.71. The van der Waals surface area contributed by atoms with Crippen molar-refractivity contribution in [2.75, 3.05) is 23.3 Å². The van der Waals surface area contributed by atoms with E-state index in [-0.39, 0.29) is 0 Å². The van der Waals surface area contributed by atoms with E-state index >= 15 is 0 Å². The van der Waals surface area contributed by atoms with Gasteiger partial charge in [0.1, 0.15) is 0 Å². The monoisotopic (exact) mass is 343 g/mol. The number of anilines is 1. The molecule has 0 aliphatic carbocycles. The minimum atomic E-state index is 0.532. The van der Waals surface area contributed by atoms with Crippen molar-refractivity contribution in [3.8, 4) is 0 Å². The molecule has 2 aromatic carbocycles. The lowest BCUT2D eigenvalue weighted by molar-refractivity contribution is 0.520. The standard InChI is InChI=1S/C19H22BrN/c1-15-11-17-9-5-6-10-19(17)21(13-15)14-18(12-20)16-7-3-2-4-8-16/h2-10,15,18H,11-14H2,1H3. The molecule has 2 aromatic rings. The van der Waals surface area contributed by atoms with Gasteiger partial charge in [-0.05, 0) is 29.5 Å². The highest BCUT2D eigenvalue weighted by atomic mass is 79.9. The van der Waals surface area contributed by atoms with Gasteiger partial charge in [-0.25, -0.2) is 0 Å². The third-order valence-corrected chi connectivity index (χ3v) is 5.11. The van der Waals surface area contributed by atoms with Crippen LogP contribution in [0.2, 0.25) is 0 Å². The van der Waals surface area contributed by atoms with Gasteiger partial charge in [0.2, 0.25) is 0 Å². The van der Waals surface area contributed by atoms with E-state index < -0.39 is 0 Å². The van der Waals surface area contributed by atoms with Gasteiger partial charge in [-0.1, -0.05) is 71.4 Å². The first-order chi connectivity index (χ1) is 10.3. The summed E-state index contributed by atoms with van der Waals surface area (Å²) >= 11 is 3.71. The van der Waals surface area contributed by atoms with Gasteiger partial charge >= 0.3 is 0 Å². The summed E-state index contributed by atoms with van der Waals surface area (Å²) in [6.45, 7) is 4.60. The fourth-order valence-electron chi connectivity index (χ4n) is 3.31. The van der Waals surface area contributed by atoms with Gasteiger partial charge in [-0.3, -0.25) is 0 Å². The number of hydrogen-bond donors (Lipinski definition) is 0. The second-order valence-electron chi connectivity index (χ2n) is 6.10. The van der Waals surface area contributed by atoms with Gasteiger partial charge in [0.15, 0.2) is 0 Å². The van der Waals surface area contributed by atoms with E-state index in [1.807, 2.05) is 0 Å². The van der Waals surface area contributed by atoms with Crippen molar-refractivity contribution in [3.63, 3.8) is 0 Å². The molecule has 0 spiro atoms. The third-order valence-electron chi connectivity index (χ3n) is 4.33. The van der Waals surface area contributed by atoms with Crippen molar-refractivity contribution in [3.05, 3.63) is 65.7 Å². The highest BCUT2D eigenvalue weighted by Gasteiger charge is 2.23. The SMILES string of the molecule is CC1Cc2ccccc2N(CC(CBr)c2ccccc2)C1. The molecule has 0 bridgehead atoms. The maximum Gasteiger partial charge on any atom is 0.0399 e. The lowest BCUT2D eigenvalue weighted by atomic mass is 9.92. The van der Waals surface area contributed by atoms with E-state index in [1.54, 1.807) is 0 Å². The van der Waals surface area contributed by atoms with Crippen molar-refractivity contribution in [2.45, 2.75) is 19.3 Å². The molecule has 0 N–H and O–H groups in total. The summed E-state index contributed by atoms with van der Waals surface area (Å²) in [4.78, 5) is 2.57. The largest absolute Gasteiger partial charge is 0.370 e. The van der Waals surface area contributed by atoms with E-state index in [0.29, 0.717) is 5.92 Å². The van der Waals surface area contributed by atoms with Crippen molar-refractivity contribution >= 4 is 21.6 Å². The molecule has 0 amide bonds. The molecule has 3 rings (SSSR count). The Kier molecular flexibility index (Phi) is 4.64. The van der Waals surface area contributed by atoms with Crippen LogP contribution in [0.5, 0.6) is 0 Å². The van der Waals surface area contributed by atoms with Gasteiger partial charge in [0.05, 0.1) is 0 Å². The van der Waals surface area contributed by atoms with Crippen LogP contribution in [0.1, 0.15) is 24.0 Å². The predicted octanol–water partition coefficient (Wildman–Crippen LogP) is 4.86. The van der Waals surface area contributed by atoms with Gasteiger partial charge < -0.3 is 4.90 Å². The fraction of sp³-hybridized carbons (Fsp3) is 0.368. The smallest absolute Gasteiger partial charge is 0.0399 e. The topological polar surface area (TPSA) is 3.24 Å². The van der Waals surface area contributed by atoms with E-state index in [0.717, 1.165) is 24.3 Å². The fourth-order valence-corrected chi connectivity index (χ4v) is 3.89. The first-order valence-electron chi connectivity index (χ1n) is 7.71. The molecule has 110 valence electrons. The van der Waals surface area contributed by atoms with Crippen molar-refractivity contribution < 1.29 is 0 Å². The molecule has 0 fully saturated rings. The molecule has 2 atom stereocenters. The van der Waals surface area contributed by atoms with Crippen molar-refractivity contribution in [2.24, 2.45) is 5.92 Å². The number of fused-ring (bicyclic) bond motifs is 1. The summed E-state index contributed by atoms with van der Waals surface area (Å²) in [5, 5.41) is 1.00. The molecule has 0 aromatic heterocycles. The Morgan fingerprint density at radius 1 is 1.10 bits per heavy atom. The minimum absolute atomic E-state index is 0.532. The number of rotatable bonds is 4. The first-order valence-corrected chi connectivity index (χ1v) is 8.84. The van der Waals surface area contributed by atoms with Crippen LogP contribution in [0.25, 0.3) is 0 Å². The number of benzene rings is 2. The number of hydrogen-bond acceptors (Lipinski definition) is 1. The van der Waals surface area contributed by atoms with Crippen LogP contribution in [0.3, 0.4) is 0 Å². The van der Waals surface area contributed by atoms with Crippen LogP contribution in [-0.4, -0.2) is 18.4 Å². The number of para-hydroxylation sites is 1. The second kappa shape index (κ2) is 6.65. The molecule has 0 saturated heterocycles. The average Bonchev–Trinajstić information content (AvgIpc) is 2.53. The van der Waals surface area contributed by atoms with Crippen molar-refractivity contribution in [1.82, 2.24) is 0 Å². The van der Waals surface area contributed by atoms with Crippen LogP contribution >= 0.6 is 15.9 Å². The van der Waals surface area contributed by atoms with Crippen LogP contribution in [0.4, 0.5) is 5.69 Å². The van der Waals surface area contributed by atoms with Crippen LogP contribution < -0.4 is 4.90 Å². The normalized spacial score (nSPS) is 19.1. The molecular formula is C19H22BrN. The second-order valence-corrected chi connectivity index (χ2v) is 6.75. The quantitative estimate of drug-likeness (QED) is 0.716. The van der Waals surface area contributed by atoms with Crippen LogP contribution in [0, 0.1) is 5.92 Å². The Hall–Kier alpha value is -1.28. The van der Waals surface area contributed by atoms with Gasteiger partial charge in [-0.15, -0.1) is 0 Å². The molecule has 0 saturated carbocycles. The molecule has 21 heavy (non-hydrogen) atoms. The molecule has 2 unspecified atom stereocenters. The molecule has 1 heterocycles. The third kappa shape index (κ3) is 3.32. The molecule has 2 heteroatoms. The lowest BCUT2D eigenvalue weighted by Gasteiger charge is -2.37. The zero-order chi connectivity index (χ0) is 14.7. The van der Waals surface area contributed by atoms with E-state index in [1.165, 1.54) is 23.2 Å². The number of halogens is 1. The zero-order valence-corrected chi connectivity index (χ0v) is 14.1. The van der Waals surface area contributed by atoms with E-state index in [2.05, 4.69) is 82.4 Å². The Morgan fingerprint density at radius 3 is 2.57 bits per heavy atom. The van der Waals surface area contributed by atoms with Gasteiger partial charge in [-0.2, -0.15) is 0 Å². The van der Waals surface area contributed by atoms with Gasteiger partial charge in [0.25, 0.3) is 0 Å². The summed E-state index contributed by atoms with van der Waals surface area (Å²) in [6, 6.07) is 19.7. The number of alkyl halides is 1. The molecule has 0 radical (unpaired) electrons. The van der Waals surface area contributed by atoms with Gasteiger partial charge in [0, 0.05) is 30.0 Å². The maximum atomic E-state index is 3.71. The summed E-state index contributed by atoms with van der Waals surface area (Å²) < 4.78 is 0. The Morgan fingerprint density at radius 2 is 1.81 bits per heavy atom. The first kappa shape index (κ1) is 14.6. The summed E-state index contributed by atoms with van der Waals surface area (Å²) in [6.07, 6.45) is 1.21. The van der Waals surface area contributed by atoms with Crippen molar-refractivity contribution in [1.29, 1.82) is 0 Å². The summed E-state index contributed by atoms with van der Waals surface area (Å²) in [5.74, 6) is 1.26. The predicted molar refractivity (Wildman–Crippen MR) is 94.5 cm³/mol. The zero-order valence-electron chi connectivity index (χ0n) is 12.5. The van der Waals surface area contributed by atoms with E-state index in [4.69, 9.17) is 0 Å². The van der Waals surface area contributed by atoms with Crippen LogP contribution in [-0.2, 0) is 6.42 Å². The Labute approximate surface area is 136 Å². The molecular weight excluding hydrogens is 322 g/mol. The Bertz CT molecular complexity index is 581. The summed E-state index contributed by atoms with van der Waals surface area (Å²) in [5.41, 5.74) is 4.35. The highest BCUT2D eigenvalue weighted by Crippen LogP contribution is 2.31. The molecule has 1 aliphatic rings. The van der Waals surface area contributed by atoms with Crippen LogP contribution in [0.15, 0.2) is 54.6 Å². The van der Waals surface area contributed by atoms with E-state index in [9.17, 15) is 0 Å². The Balaban J connectivity index is 1.84. The minimum Gasteiger partial charge on any atom is -0.370 e. The molecule has 1 aliphatic heterocycles. The lowest BCUT2D eigenvalue weighted by Crippen LogP contribution is -2.37. The summed E-state index contributed by atoms with van der Waals surface area (Å²) in [7, 11) is 0. The number of nitrogens with zero attached hydrogens (tertiary/aromatic N) is 1.